The summed E-state index contributed by atoms with van der Waals surface area (Å²) in [4.78, 5) is 8.86. The van der Waals surface area contributed by atoms with Crippen LogP contribution in [0.3, 0.4) is 0 Å². The highest BCUT2D eigenvalue weighted by atomic mass is 16.5. The molecule has 0 bridgehead atoms. The molecule has 0 aromatic carbocycles. The summed E-state index contributed by atoms with van der Waals surface area (Å²) in [5.74, 6) is 1.45. The Morgan fingerprint density at radius 1 is 1.29 bits per heavy atom. The molecule has 1 aliphatic rings. The predicted molar refractivity (Wildman–Crippen MR) is 51.8 cm³/mol. The van der Waals surface area contributed by atoms with Crippen molar-refractivity contribution in [1.82, 2.24) is 19.9 Å². The summed E-state index contributed by atoms with van der Waals surface area (Å²) < 4.78 is 5.08. The minimum absolute atomic E-state index is 0.717. The third-order valence-electron chi connectivity index (χ3n) is 2.52. The van der Waals surface area contributed by atoms with E-state index in [1.807, 2.05) is 6.92 Å². The van der Waals surface area contributed by atoms with E-state index in [2.05, 4.69) is 27.0 Å². The first-order valence-corrected chi connectivity index (χ1v) is 4.94. The van der Waals surface area contributed by atoms with Crippen LogP contribution in [0.15, 0.2) is 4.52 Å². The largest absolute Gasteiger partial charge is 0.338 e. The Balaban J connectivity index is 1.86. The summed E-state index contributed by atoms with van der Waals surface area (Å²) in [5.41, 5.74) is 0. The lowest BCUT2D eigenvalue weighted by Gasteiger charge is -2.31. The number of aromatic nitrogens is 2. The first kappa shape index (κ1) is 9.61. The van der Waals surface area contributed by atoms with Crippen LogP contribution in [0.2, 0.25) is 0 Å². The molecular weight excluding hydrogens is 180 g/mol. The zero-order valence-corrected chi connectivity index (χ0v) is 8.73. The van der Waals surface area contributed by atoms with E-state index in [-0.39, 0.29) is 0 Å². The molecule has 5 nitrogen and oxygen atoms in total. The molecule has 0 spiro atoms. The molecule has 1 saturated heterocycles. The maximum absolute atomic E-state index is 5.08. The summed E-state index contributed by atoms with van der Waals surface area (Å²) >= 11 is 0. The Hall–Kier alpha value is -0.940. The minimum Gasteiger partial charge on any atom is -0.338 e. The second-order valence-electron chi connectivity index (χ2n) is 3.81. The molecule has 0 aliphatic carbocycles. The lowest BCUT2D eigenvalue weighted by atomic mass is 10.3. The Morgan fingerprint density at radius 2 is 2.00 bits per heavy atom. The lowest BCUT2D eigenvalue weighted by Crippen LogP contribution is -2.43. The normalized spacial score (nSPS) is 20.1. The van der Waals surface area contributed by atoms with Gasteiger partial charge in [0.1, 0.15) is 0 Å². The average Bonchev–Trinajstić information content (AvgIpc) is 2.56. The van der Waals surface area contributed by atoms with E-state index in [0.717, 1.165) is 38.6 Å². The number of aryl methyl sites for hydroxylation is 1. The van der Waals surface area contributed by atoms with Crippen LogP contribution in [0.5, 0.6) is 0 Å². The predicted octanol–water partition coefficient (Wildman–Crippen LogP) is 0.125. The molecule has 1 fully saturated rings. The quantitative estimate of drug-likeness (QED) is 0.672. The van der Waals surface area contributed by atoms with Gasteiger partial charge in [0.25, 0.3) is 0 Å². The molecule has 0 N–H and O–H groups in total. The molecule has 0 atom stereocenters. The molecule has 5 heteroatoms. The SMILES string of the molecule is Cc1noc(CN2CCN(C)CC2)n1. The van der Waals surface area contributed by atoms with Crippen LogP contribution < -0.4 is 0 Å². The van der Waals surface area contributed by atoms with Crippen LogP contribution in [-0.2, 0) is 6.54 Å². The third kappa shape index (κ3) is 2.30. The van der Waals surface area contributed by atoms with Gasteiger partial charge in [-0.3, -0.25) is 4.90 Å². The molecule has 78 valence electrons. The van der Waals surface area contributed by atoms with Crippen LogP contribution in [0.4, 0.5) is 0 Å². The average molecular weight is 196 g/mol. The van der Waals surface area contributed by atoms with Crippen molar-refractivity contribution in [2.24, 2.45) is 0 Å². The summed E-state index contributed by atoms with van der Waals surface area (Å²) in [7, 11) is 2.15. The minimum atomic E-state index is 0.717. The fourth-order valence-corrected chi connectivity index (χ4v) is 1.60. The number of rotatable bonds is 2. The highest BCUT2D eigenvalue weighted by molar-refractivity contribution is 4.84. The molecule has 0 amide bonds. The highest BCUT2D eigenvalue weighted by Crippen LogP contribution is 2.05. The number of hydrogen-bond acceptors (Lipinski definition) is 5. The zero-order valence-electron chi connectivity index (χ0n) is 8.73. The van der Waals surface area contributed by atoms with Gasteiger partial charge in [0.2, 0.25) is 5.89 Å². The third-order valence-corrected chi connectivity index (χ3v) is 2.52. The van der Waals surface area contributed by atoms with Crippen LogP contribution in [0.1, 0.15) is 11.7 Å². The summed E-state index contributed by atoms with van der Waals surface area (Å²) in [6.45, 7) is 7.03. The van der Waals surface area contributed by atoms with E-state index < -0.39 is 0 Å². The van der Waals surface area contributed by atoms with Crippen LogP contribution in [0.25, 0.3) is 0 Å². The number of piperazine rings is 1. The van der Waals surface area contributed by atoms with Crippen molar-refractivity contribution in [3.63, 3.8) is 0 Å². The van der Waals surface area contributed by atoms with Crippen molar-refractivity contribution in [1.29, 1.82) is 0 Å². The van der Waals surface area contributed by atoms with E-state index in [0.29, 0.717) is 5.82 Å². The van der Waals surface area contributed by atoms with Gasteiger partial charge < -0.3 is 9.42 Å². The van der Waals surface area contributed by atoms with Crippen LogP contribution in [-0.4, -0.2) is 53.2 Å². The zero-order chi connectivity index (χ0) is 9.97. The van der Waals surface area contributed by atoms with Crippen molar-refractivity contribution < 1.29 is 4.52 Å². The molecular formula is C9H16N4O. The monoisotopic (exact) mass is 196 g/mol. The van der Waals surface area contributed by atoms with Crippen molar-refractivity contribution in [2.75, 3.05) is 33.2 Å². The van der Waals surface area contributed by atoms with Gasteiger partial charge in [-0.15, -0.1) is 0 Å². The van der Waals surface area contributed by atoms with E-state index in [9.17, 15) is 0 Å². The molecule has 0 saturated carbocycles. The molecule has 1 aromatic heterocycles. The Bertz CT molecular complexity index is 291. The summed E-state index contributed by atoms with van der Waals surface area (Å²) in [5, 5.41) is 3.77. The highest BCUT2D eigenvalue weighted by Gasteiger charge is 2.16. The van der Waals surface area contributed by atoms with Gasteiger partial charge >= 0.3 is 0 Å². The first-order chi connectivity index (χ1) is 6.74. The molecule has 0 unspecified atom stereocenters. The van der Waals surface area contributed by atoms with Crippen LogP contribution in [0, 0.1) is 6.92 Å². The van der Waals surface area contributed by atoms with Gasteiger partial charge in [0.05, 0.1) is 6.54 Å². The summed E-state index contributed by atoms with van der Waals surface area (Å²) in [6.07, 6.45) is 0. The van der Waals surface area contributed by atoms with Gasteiger partial charge in [0, 0.05) is 26.2 Å². The van der Waals surface area contributed by atoms with Crippen molar-refractivity contribution >= 4 is 0 Å². The molecule has 2 rings (SSSR count). The Morgan fingerprint density at radius 3 is 2.57 bits per heavy atom. The summed E-state index contributed by atoms with van der Waals surface area (Å²) in [6, 6.07) is 0. The smallest absolute Gasteiger partial charge is 0.240 e. The second-order valence-corrected chi connectivity index (χ2v) is 3.81. The van der Waals surface area contributed by atoms with E-state index in [1.54, 1.807) is 0 Å². The molecule has 1 aliphatic heterocycles. The van der Waals surface area contributed by atoms with E-state index in [1.165, 1.54) is 0 Å². The van der Waals surface area contributed by atoms with E-state index >= 15 is 0 Å². The topological polar surface area (TPSA) is 45.4 Å². The fourth-order valence-electron chi connectivity index (χ4n) is 1.60. The van der Waals surface area contributed by atoms with Crippen molar-refractivity contribution in [3.8, 4) is 0 Å². The molecule has 2 heterocycles. The fraction of sp³-hybridized carbons (Fsp3) is 0.778. The molecule has 14 heavy (non-hydrogen) atoms. The van der Waals surface area contributed by atoms with Gasteiger partial charge in [-0.1, -0.05) is 5.16 Å². The lowest BCUT2D eigenvalue weighted by molar-refractivity contribution is 0.135. The first-order valence-electron chi connectivity index (χ1n) is 4.94. The Labute approximate surface area is 83.7 Å². The number of hydrogen-bond donors (Lipinski definition) is 0. The van der Waals surface area contributed by atoms with Gasteiger partial charge in [-0.05, 0) is 14.0 Å². The number of nitrogens with zero attached hydrogens (tertiary/aromatic N) is 4. The van der Waals surface area contributed by atoms with Crippen LogP contribution >= 0.6 is 0 Å². The Kier molecular flexibility index (Phi) is 2.79. The van der Waals surface area contributed by atoms with Crippen molar-refractivity contribution in [2.45, 2.75) is 13.5 Å². The van der Waals surface area contributed by atoms with E-state index in [4.69, 9.17) is 4.52 Å². The van der Waals surface area contributed by atoms with Gasteiger partial charge in [-0.25, -0.2) is 0 Å². The maximum Gasteiger partial charge on any atom is 0.240 e. The molecule has 0 radical (unpaired) electrons. The maximum atomic E-state index is 5.08. The van der Waals surface area contributed by atoms with Gasteiger partial charge in [0.15, 0.2) is 5.82 Å². The number of likely N-dealkylation sites (N-methyl/N-ethyl adjacent to an activating group) is 1. The molecule has 1 aromatic rings. The standard InChI is InChI=1S/C9H16N4O/c1-8-10-9(14-11-8)7-13-5-3-12(2)4-6-13/h3-7H2,1-2H3. The van der Waals surface area contributed by atoms with Gasteiger partial charge in [-0.2, -0.15) is 4.98 Å². The van der Waals surface area contributed by atoms with Crippen molar-refractivity contribution in [3.05, 3.63) is 11.7 Å². The second kappa shape index (κ2) is 4.06.